The van der Waals surface area contributed by atoms with Crippen LogP contribution in [0.15, 0.2) is 340 Å². The summed E-state index contributed by atoms with van der Waals surface area (Å²) in [6.45, 7) is 43.4. The van der Waals surface area contributed by atoms with Crippen molar-refractivity contribution in [3.8, 4) is 0 Å². The third-order valence-electron chi connectivity index (χ3n) is 29.2. The third-order valence-corrected chi connectivity index (χ3v) is 29.2. The van der Waals surface area contributed by atoms with Gasteiger partial charge in [-0.05, 0) is 137 Å². The van der Waals surface area contributed by atoms with Crippen LogP contribution in [0, 0.1) is 0 Å². The Bertz CT molecular complexity index is 6420. The fraction of sp³-hybridized carbons (Fsp3) is 0.250. The van der Waals surface area contributed by atoms with E-state index in [1.54, 1.807) is 0 Å². The minimum Gasteiger partial charge on any atom is -0.660 e. The second-order valence-electron chi connectivity index (χ2n) is 42.9. The molecule has 25 rings (SSSR count). The number of fused-ring (bicyclic) bond motifs is 30. The largest absolute Gasteiger partial charge is 2.00 e. The molecule has 15 aliphatic rings. The summed E-state index contributed by atoms with van der Waals surface area (Å²) >= 11 is 0. The molecule has 0 atom stereocenters. The molecule has 0 saturated heterocycles. The van der Waals surface area contributed by atoms with Crippen molar-refractivity contribution < 1.29 is 81.4 Å². The Labute approximate surface area is 910 Å². The van der Waals surface area contributed by atoms with Gasteiger partial charge in [0.2, 0.25) is 11.4 Å². The molecule has 0 spiro atoms. The molecule has 0 fully saturated rings. The molecular formula is C120H112CoCuMgN20NiPt+2. The van der Waals surface area contributed by atoms with Gasteiger partial charge in [0.25, 0.3) is 0 Å². The first-order chi connectivity index (χ1) is 66.6. The smallest absolute Gasteiger partial charge is 0.660 e. The van der Waals surface area contributed by atoms with Crippen LogP contribution in [0.25, 0.3) is 60.8 Å². The summed E-state index contributed by atoms with van der Waals surface area (Å²) in [7, 11) is 0. The number of aromatic nitrogens is 10. The van der Waals surface area contributed by atoms with E-state index in [4.69, 9.17) is 89.8 Å². The van der Waals surface area contributed by atoms with E-state index in [-0.39, 0.29) is 149 Å². The van der Waals surface area contributed by atoms with Crippen LogP contribution in [0.5, 0.6) is 0 Å². The Morgan fingerprint density at radius 1 is 0.179 bits per heavy atom. The molecule has 0 aliphatic carbocycles. The van der Waals surface area contributed by atoms with E-state index >= 15 is 0 Å². The maximum Gasteiger partial charge on any atom is 2.00 e. The van der Waals surface area contributed by atoms with Crippen LogP contribution < -0.4 is 59.8 Å². The molecule has 0 unspecified atom stereocenters. The molecule has 15 aliphatic heterocycles. The minimum absolute atomic E-state index is 0. The summed E-state index contributed by atoms with van der Waals surface area (Å²) in [4.78, 5) is 94.5. The van der Waals surface area contributed by atoms with Gasteiger partial charge in [0.15, 0.2) is 11.4 Å². The van der Waals surface area contributed by atoms with Gasteiger partial charge < -0.3 is 49.8 Å². The SMILES string of the molecule is CC1(C)C2=NC(=Cc3ccc([n-]3)C(C)(C)C3=NC(=Cc4ccc1[n-]4)C=C3)C=C2.CC1(C)C2=NC(=Cc3ccc([n-]3)C(C)(C)C3=NC(=Cc4ccc1[n-]4)C=C3)C=C2.CC1(C)C2=NC(=Cc3ccc([n-]3)C(C)(C)C3=NC(=Cc4ccc1[n-]4)C=C3)C=C2.CC1(C)C2=NC(=Cc3ccc([n-]3)C(C)(C)C3=NC(=Cc4ccc1[n-]4)C=C3)C=C2.CC1(C)C2=[NH+]C(=Cc3ccc([n-]3)C(C)(C)C3=[NH+]C(=Cc4ccc1[n-]4)C=C3)C=C2.[Co+2].[Cu+2].[Mg+2].[Ni+2].[Pt+2]. The molecule has 0 amide bonds. The summed E-state index contributed by atoms with van der Waals surface area (Å²) in [5.74, 6) is 0. The monoisotopic (exact) mass is 2230 g/mol. The predicted octanol–water partition coefficient (Wildman–Crippen LogP) is 18.6. The summed E-state index contributed by atoms with van der Waals surface area (Å²) in [5.41, 5.74) is 36.8. The number of allylic oxidation sites excluding steroid dienone is 20. The quantitative estimate of drug-likeness (QED) is 0.136. The maximum absolute atomic E-state index is 4.89. The minimum atomic E-state index is -0.271. The Morgan fingerprint density at radius 2 is 0.310 bits per heavy atom. The Balaban J connectivity index is 0.000000129. The Morgan fingerprint density at radius 3 is 0.455 bits per heavy atom. The topological polar surface area (TPSA) is 268 Å². The summed E-state index contributed by atoms with van der Waals surface area (Å²) in [5, 5.41) is 0. The average molecular weight is 2230 g/mol. The van der Waals surface area contributed by atoms with Crippen molar-refractivity contribution in [2.24, 2.45) is 39.9 Å². The molecule has 10 aromatic heterocycles. The van der Waals surface area contributed by atoms with E-state index in [0.717, 1.165) is 228 Å². The van der Waals surface area contributed by atoms with Gasteiger partial charge >= 0.3 is 94.5 Å². The van der Waals surface area contributed by atoms with E-state index in [9.17, 15) is 0 Å². The average Bonchev–Trinajstić information content (AvgIpc) is 1.64. The van der Waals surface area contributed by atoms with Crippen molar-refractivity contribution in [2.75, 3.05) is 0 Å². The molecular weight excluding hydrogens is 2120 g/mol. The fourth-order valence-electron chi connectivity index (χ4n) is 19.1. The molecule has 145 heavy (non-hydrogen) atoms. The van der Waals surface area contributed by atoms with E-state index in [1.165, 1.54) is 0 Å². The standard InChI is InChI=1S/5C24H22N4.Co.Cu.Mg.Ni.Pt/c5*1-23(2)19-9-5-15(25-19)13-17-7-11-21(27-17)24(3,4)22-12-8-18(28-22)14-16-6-10-20(23)26-16;;;;;/h5*5-14H,1-4H3;;;;;/q5*-2;5*+2/p+2. The summed E-state index contributed by atoms with van der Waals surface area (Å²) in [6, 6.07) is 41.5. The number of aliphatic imine (C=N–C) groups is 8. The number of hydrogen-bond acceptors (Lipinski definition) is 8. The molecule has 40 bridgehead atoms. The van der Waals surface area contributed by atoms with Crippen molar-refractivity contribution in [1.29, 1.82) is 0 Å². The van der Waals surface area contributed by atoms with Crippen molar-refractivity contribution >= 4 is 141 Å². The molecule has 732 valence electrons. The molecule has 20 nitrogen and oxygen atoms in total. The van der Waals surface area contributed by atoms with Crippen molar-refractivity contribution in [1.82, 2.24) is 49.8 Å². The molecule has 2 radical (unpaired) electrons. The van der Waals surface area contributed by atoms with Crippen LogP contribution in [0.3, 0.4) is 0 Å². The first kappa shape index (κ1) is 105. The second-order valence-corrected chi connectivity index (χ2v) is 42.9. The zero-order valence-corrected chi connectivity index (χ0v) is 91.5. The Hall–Kier alpha value is -12.7. The van der Waals surface area contributed by atoms with Gasteiger partial charge in [0.05, 0.1) is 56.4 Å². The molecule has 0 aromatic carbocycles. The molecule has 10 aromatic rings. The van der Waals surface area contributed by atoms with Gasteiger partial charge in [-0.15, -0.1) is 114 Å². The van der Waals surface area contributed by atoms with E-state index in [0.29, 0.717) is 0 Å². The third kappa shape index (κ3) is 20.5. The number of nitrogens with one attached hydrogen (secondary N) is 2. The van der Waals surface area contributed by atoms with Crippen LogP contribution in [-0.4, -0.2) is 80.2 Å². The molecule has 2 N–H and O–H groups in total. The fourth-order valence-corrected chi connectivity index (χ4v) is 19.1. The number of rotatable bonds is 0. The Kier molecular flexibility index (Phi) is 28.7. The molecule has 25 heterocycles. The van der Waals surface area contributed by atoms with Crippen LogP contribution in [0.1, 0.15) is 252 Å². The molecule has 25 heteroatoms. The van der Waals surface area contributed by atoms with Gasteiger partial charge in [-0.25, -0.2) is 9.98 Å². The van der Waals surface area contributed by atoms with Crippen molar-refractivity contribution in [3.05, 3.63) is 414 Å². The zero-order valence-electron chi connectivity index (χ0n) is 84.9. The normalized spacial score (nSPS) is 20.6. The van der Waals surface area contributed by atoms with Crippen LogP contribution in [0.2, 0.25) is 0 Å². The maximum atomic E-state index is 4.89. The van der Waals surface area contributed by atoms with Gasteiger partial charge in [-0.3, -0.25) is 39.9 Å². The van der Waals surface area contributed by atoms with E-state index in [2.05, 4.69) is 403 Å². The van der Waals surface area contributed by atoms with Gasteiger partial charge in [-0.2, -0.15) is 0 Å². The van der Waals surface area contributed by atoms with E-state index < -0.39 is 0 Å². The van der Waals surface area contributed by atoms with Crippen LogP contribution in [-0.2, 0) is 126 Å². The first-order valence-corrected chi connectivity index (χ1v) is 48.0. The zero-order chi connectivity index (χ0) is 97.6. The number of hydrogen-bond donors (Lipinski definition) is 2. The first-order valence-electron chi connectivity index (χ1n) is 48.0. The van der Waals surface area contributed by atoms with Crippen molar-refractivity contribution in [3.63, 3.8) is 0 Å². The molecule has 0 saturated carbocycles. The van der Waals surface area contributed by atoms with Crippen LogP contribution >= 0.6 is 0 Å². The second kappa shape index (κ2) is 39.6. The number of nitrogens with zero attached hydrogens (tertiary/aromatic N) is 18. The van der Waals surface area contributed by atoms with Gasteiger partial charge in [-0.1, -0.05) is 281 Å². The van der Waals surface area contributed by atoms with Crippen molar-refractivity contribution in [2.45, 2.75) is 193 Å². The summed E-state index contributed by atoms with van der Waals surface area (Å²) in [6.07, 6.45) is 62.1. The van der Waals surface area contributed by atoms with Gasteiger partial charge in [0.1, 0.15) is 0 Å². The van der Waals surface area contributed by atoms with Gasteiger partial charge in [0, 0.05) is 113 Å². The summed E-state index contributed by atoms with van der Waals surface area (Å²) < 4.78 is 0. The van der Waals surface area contributed by atoms with Crippen LogP contribution in [0.4, 0.5) is 0 Å². The predicted molar refractivity (Wildman–Crippen MR) is 576 cm³/mol. The van der Waals surface area contributed by atoms with E-state index in [1.807, 2.05) is 48.6 Å².